The highest BCUT2D eigenvalue weighted by molar-refractivity contribution is 5.85. The van der Waals surface area contributed by atoms with E-state index in [-0.39, 0.29) is 24.4 Å². The van der Waals surface area contributed by atoms with Crippen molar-refractivity contribution >= 4 is 18.3 Å². The Bertz CT molecular complexity index is 268. The number of halogens is 1. The molecule has 2 heterocycles. The van der Waals surface area contributed by atoms with Crippen LogP contribution in [0.15, 0.2) is 0 Å². The minimum absolute atomic E-state index is 0. The van der Waals surface area contributed by atoms with E-state index < -0.39 is 0 Å². The highest BCUT2D eigenvalue weighted by Crippen LogP contribution is 2.24. The van der Waals surface area contributed by atoms with Gasteiger partial charge in [0, 0.05) is 25.7 Å². The van der Waals surface area contributed by atoms with Gasteiger partial charge in [-0.25, -0.2) is 0 Å². The fraction of sp³-hybridized carbons (Fsp3) is 0.923. The number of amides is 1. The van der Waals surface area contributed by atoms with Crippen molar-refractivity contribution in [3.63, 3.8) is 0 Å². The molecule has 106 valence electrons. The minimum atomic E-state index is -0.261. The second kappa shape index (κ2) is 7.31. The number of nitrogens with one attached hydrogen (secondary N) is 1. The molecular formula is C13H25ClN2O2. The second-order valence-corrected chi connectivity index (χ2v) is 5.40. The van der Waals surface area contributed by atoms with Gasteiger partial charge >= 0.3 is 0 Å². The topological polar surface area (TPSA) is 41.6 Å². The summed E-state index contributed by atoms with van der Waals surface area (Å²) < 4.78 is 5.57. The van der Waals surface area contributed by atoms with Crippen LogP contribution >= 0.6 is 12.4 Å². The monoisotopic (exact) mass is 276 g/mol. The molecule has 2 aliphatic heterocycles. The number of rotatable bonds is 2. The molecule has 4 nitrogen and oxygen atoms in total. The molecule has 0 saturated carbocycles. The first-order valence-electron chi connectivity index (χ1n) is 6.83. The van der Waals surface area contributed by atoms with Crippen LogP contribution in [0.5, 0.6) is 0 Å². The molecule has 0 aromatic rings. The van der Waals surface area contributed by atoms with Crippen LogP contribution in [0.1, 0.15) is 33.1 Å². The summed E-state index contributed by atoms with van der Waals surface area (Å²) >= 11 is 0. The predicted octanol–water partition coefficient (Wildman–Crippen LogP) is 1.43. The minimum Gasteiger partial charge on any atom is -0.366 e. The number of carbonyl (C=O) groups excluding carboxylic acids is 1. The second-order valence-electron chi connectivity index (χ2n) is 5.40. The largest absolute Gasteiger partial charge is 0.366 e. The average molecular weight is 277 g/mol. The molecule has 1 N–H and O–H groups in total. The van der Waals surface area contributed by atoms with Crippen LogP contribution in [-0.2, 0) is 9.53 Å². The predicted molar refractivity (Wildman–Crippen MR) is 74.0 cm³/mol. The fourth-order valence-corrected chi connectivity index (χ4v) is 2.83. The molecule has 0 radical (unpaired) electrons. The van der Waals surface area contributed by atoms with E-state index in [4.69, 9.17) is 4.74 Å². The van der Waals surface area contributed by atoms with Gasteiger partial charge in [-0.3, -0.25) is 4.79 Å². The molecule has 1 unspecified atom stereocenters. The average Bonchev–Trinajstić information content (AvgIpc) is 2.39. The number of ether oxygens (including phenoxy) is 1. The third kappa shape index (κ3) is 3.59. The van der Waals surface area contributed by atoms with Gasteiger partial charge in [-0.05, 0) is 25.2 Å². The Kier molecular flexibility index (Phi) is 6.39. The summed E-state index contributed by atoms with van der Waals surface area (Å²) in [6.45, 7) is 7.49. The van der Waals surface area contributed by atoms with Crippen molar-refractivity contribution < 1.29 is 9.53 Å². The lowest BCUT2D eigenvalue weighted by atomic mass is 9.92. The van der Waals surface area contributed by atoms with E-state index in [9.17, 15) is 4.79 Å². The molecular weight excluding hydrogens is 252 g/mol. The summed E-state index contributed by atoms with van der Waals surface area (Å²) in [5.74, 6) is 0.728. The first-order valence-corrected chi connectivity index (χ1v) is 6.83. The van der Waals surface area contributed by atoms with E-state index in [0.717, 1.165) is 25.9 Å². The number of piperidine rings is 1. The summed E-state index contributed by atoms with van der Waals surface area (Å²) in [6, 6.07) is 0.404. The van der Waals surface area contributed by atoms with Crippen LogP contribution in [0.25, 0.3) is 0 Å². The molecule has 0 aromatic carbocycles. The standard InChI is InChI=1S/C13H24N2O2.ClH/c1-10(2)11-5-3-4-7-15(11)13(16)12-9-14-6-8-17-12;/h10-12,14H,3-9H2,1-2H3;1H/t11?,12-;/m1./s1. The normalized spacial score (nSPS) is 28.9. The van der Waals surface area contributed by atoms with Crippen molar-refractivity contribution in [2.45, 2.75) is 45.3 Å². The number of hydrogen-bond donors (Lipinski definition) is 1. The fourth-order valence-electron chi connectivity index (χ4n) is 2.83. The van der Waals surface area contributed by atoms with Crippen LogP contribution in [0.4, 0.5) is 0 Å². The van der Waals surface area contributed by atoms with Gasteiger partial charge in [0.05, 0.1) is 6.61 Å². The first kappa shape index (κ1) is 15.7. The van der Waals surface area contributed by atoms with E-state index in [1.54, 1.807) is 0 Å². The number of hydrogen-bond acceptors (Lipinski definition) is 3. The number of likely N-dealkylation sites (tertiary alicyclic amines) is 1. The van der Waals surface area contributed by atoms with Gasteiger partial charge in [-0.15, -0.1) is 12.4 Å². The molecule has 0 aromatic heterocycles. The Labute approximate surface area is 116 Å². The van der Waals surface area contributed by atoms with Gasteiger partial charge in [-0.2, -0.15) is 0 Å². The third-order valence-corrected chi connectivity index (χ3v) is 3.80. The molecule has 2 atom stereocenters. The van der Waals surface area contributed by atoms with Gasteiger partial charge in [0.2, 0.25) is 0 Å². The maximum atomic E-state index is 12.4. The summed E-state index contributed by atoms with van der Waals surface area (Å²) in [6.07, 6.45) is 3.26. The molecule has 2 saturated heterocycles. The Hall–Kier alpha value is -0.320. The summed E-state index contributed by atoms with van der Waals surface area (Å²) in [5, 5.41) is 3.23. The van der Waals surface area contributed by atoms with Crippen LogP contribution < -0.4 is 5.32 Å². The molecule has 5 heteroatoms. The van der Waals surface area contributed by atoms with E-state index in [2.05, 4.69) is 24.1 Å². The van der Waals surface area contributed by atoms with Crippen molar-refractivity contribution in [3.05, 3.63) is 0 Å². The zero-order chi connectivity index (χ0) is 12.3. The molecule has 2 rings (SSSR count). The van der Waals surface area contributed by atoms with Crippen molar-refractivity contribution in [3.8, 4) is 0 Å². The lowest BCUT2D eigenvalue weighted by Crippen LogP contribution is -2.54. The third-order valence-electron chi connectivity index (χ3n) is 3.80. The highest BCUT2D eigenvalue weighted by Gasteiger charge is 2.33. The van der Waals surface area contributed by atoms with E-state index in [1.165, 1.54) is 6.42 Å². The lowest BCUT2D eigenvalue weighted by molar-refractivity contribution is -0.150. The molecule has 0 bridgehead atoms. The zero-order valence-corrected chi connectivity index (χ0v) is 12.2. The molecule has 0 spiro atoms. The van der Waals surface area contributed by atoms with Gasteiger partial charge in [0.25, 0.3) is 5.91 Å². The molecule has 18 heavy (non-hydrogen) atoms. The van der Waals surface area contributed by atoms with Gasteiger partial charge in [0.15, 0.2) is 0 Å². The summed E-state index contributed by atoms with van der Waals surface area (Å²) in [4.78, 5) is 14.5. The van der Waals surface area contributed by atoms with Gasteiger partial charge in [0.1, 0.15) is 6.10 Å². The summed E-state index contributed by atoms with van der Waals surface area (Å²) in [5.41, 5.74) is 0. The van der Waals surface area contributed by atoms with Crippen molar-refractivity contribution in [1.29, 1.82) is 0 Å². The molecule has 1 amide bonds. The maximum Gasteiger partial charge on any atom is 0.253 e. The van der Waals surface area contributed by atoms with Crippen molar-refractivity contribution in [2.24, 2.45) is 5.92 Å². The van der Waals surface area contributed by atoms with Gasteiger partial charge < -0.3 is 15.0 Å². The van der Waals surface area contributed by atoms with Crippen LogP contribution in [-0.4, -0.2) is 49.2 Å². The molecule has 2 aliphatic rings. The Balaban J connectivity index is 0.00000162. The zero-order valence-electron chi connectivity index (χ0n) is 11.4. The van der Waals surface area contributed by atoms with Crippen LogP contribution in [0, 0.1) is 5.92 Å². The Morgan fingerprint density at radius 2 is 2.17 bits per heavy atom. The number of nitrogens with zero attached hydrogens (tertiary/aromatic N) is 1. The SMILES string of the molecule is CC(C)C1CCCCN1C(=O)[C@H]1CNCCO1.Cl. The van der Waals surface area contributed by atoms with E-state index >= 15 is 0 Å². The smallest absolute Gasteiger partial charge is 0.253 e. The summed E-state index contributed by atoms with van der Waals surface area (Å²) in [7, 11) is 0. The van der Waals surface area contributed by atoms with Crippen molar-refractivity contribution in [2.75, 3.05) is 26.2 Å². The molecule has 2 fully saturated rings. The lowest BCUT2D eigenvalue weighted by Gasteiger charge is -2.40. The first-order chi connectivity index (χ1) is 8.20. The Morgan fingerprint density at radius 1 is 1.39 bits per heavy atom. The molecule has 0 aliphatic carbocycles. The Morgan fingerprint density at radius 3 is 2.78 bits per heavy atom. The highest BCUT2D eigenvalue weighted by atomic mass is 35.5. The van der Waals surface area contributed by atoms with E-state index in [1.807, 2.05) is 0 Å². The number of morpholine rings is 1. The van der Waals surface area contributed by atoms with E-state index in [0.29, 0.717) is 25.1 Å². The quantitative estimate of drug-likeness (QED) is 0.830. The van der Waals surface area contributed by atoms with Crippen LogP contribution in [0.3, 0.4) is 0 Å². The van der Waals surface area contributed by atoms with Gasteiger partial charge in [-0.1, -0.05) is 13.8 Å². The number of carbonyl (C=O) groups is 1. The van der Waals surface area contributed by atoms with Crippen molar-refractivity contribution in [1.82, 2.24) is 10.2 Å². The maximum absolute atomic E-state index is 12.4. The van der Waals surface area contributed by atoms with Crippen LogP contribution in [0.2, 0.25) is 0 Å².